The molecule has 95 heavy (non-hydrogen) atoms. The monoisotopic (exact) mass is 1370 g/mol. The number of halogens is 8. The topological polar surface area (TPSA) is 0 Å². The number of hydrogen-bond acceptors (Lipinski definition) is 0. The highest BCUT2D eigenvalue weighted by atomic mass is 19.2. The summed E-state index contributed by atoms with van der Waals surface area (Å²) in [5, 5.41) is 0. The van der Waals surface area contributed by atoms with Crippen LogP contribution in [0.25, 0.3) is 0 Å². The summed E-state index contributed by atoms with van der Waals surface area (Å²) < 4.78 is 112. The molecule has 8 heteroatoms. The van der Waals surface area contributed by atoms with E-state index in [9.17, 15) is 26.3 Å². The van der Waals surface area contributed by atoms with E-state index >= 15 is 8.78 Å². The second-order valence-corrected chi connectivity index (χ2v) is 36.9. The minimum atomic E-state index is -1.09. The zero-order chi connectivity index (χ0) is 76.8. The van der Waals surface area contributed by atoms with Gasteiger partial charge in [0, 0.05) is 16.2 Å². The number of alkyl halides is 8. The molecule has 3 saturated carbocycles. The number of hydrogen-bond donors (Lipinski definition) is 0. The highest BCUT2D eigenvalue weighted by Crippen LogP contribution is 2.54. The van der Waals surface area contributed by atoms with Gasteiger partial charge in [-0.2, -0.15) is 0 Å². The highest BCUT2D eigenvalue weighted by Gasteiger charge is 2.54. The lowest BCUT2D eigenvalue weighted by Gasteiger charge is -2.51. The first-order valence-corrected chi connectivity index (χ1v) is 40.2. The normalized spacial score (nSPS) is 18.8. The minimum Gasteiger partial charge on any atom is -0.244 e. The van der Waals surface area contributed by atoms with Crippen LogP contribution in [0.2, 0.25) is 0 Å². The van der Waals surface area contributed by atoms with E-state index in [1.54, 1.807) is 41.5 Å². The van der Waals surface area contributed by atoms with Gasteiger partial charge in [-0.05, 0) is 228 Å². The van der Waals surface area contributed by atoms with Gasteiger partial charge in [0.15, 0.2) is 0 Å². The van der Waals surface area contributed by atoms with Crippen molar-refractivity contribution in [2.24, 2.45) is 98.6 Å². The molecule has 3 fully saturated rings. The zero-order valence-electron chi connectivity index (χ0n) is 71.8. The molecule has 3 aliphatic rings. The molecule has 0 heterocycles. The Bertz CT molecular complexity index is 1730. The van der Waals surface area contributed by atoms with Crippen molar-refractivity contribution in [3.63, 3.8) is 0 Å². The summed E-state index contributed by atoms with van der Waals surface area (Å²) in [5.41, 5.74) is -7.88. The van der Waals surface area contributed by atoms with Crippen LogP contribution in [-0.4, -0.2) is 45.4 Å². The second kappa shape index (κ2) is 44.8. The summed E-state index contributed by atoms with van der Waals surface area (Å²) in [7, 11) is 0. The van der Waals surface area contributed by atoms with Crippen molar-refractivity contribution in [3.8, 4) is 0 Å². The lowest BCUT2D eigenvalue weighted by Crippen LogP contribution is -2.51. The molecular weight excluding hydrogens is 1200 g/mol. The van der Waals surface area contributed by atoms with Crippen LogP contribution in [0.1, 0.15) is 418 Å². The average molecular weight is 1370 g/mol. The van der Waals surface area contributed by atoms with Gasteiger partial charge in [0.1, 0.15) is 45.4 Å². The van der Waals surface area contributed by atoms with Crippen molar-refractivity contribution >= 4 is 0 Å². The third kappa shape index (κ3) is 34.1. The number of rotatable bonds is 26. The Morgan fingerprint density at radius 2 is 0.505 bits per heavy atom. The van der Waals surface area contributed by atoms with Gasteiger partial charge in [0.2, 0.25) is 0 Å². The SMILES string of the molecule is CC(C)C(C(C)C)C(C)(F)C(C(C)C)C(C)C.CC(C)C(C(C)C)[C@@](C)(F)C(C)C.CC1(C)CCC(C)(F)CC1.CC1(F)CCCC1.CC1(F)CCCCC1.CCC(C)(CC)C(C)(F)C(C)(CC)CC.CCC(C)(CC)[C@@](C)(F)C(C)C.CCC(CC)C(C)(F)C(CC)CC. The van der Waals surface area contributed by atoms with Gasteiger partial charge in [-0.25, -0.2) is 35.1 Å². The van der Waals surface area contributed by atoms with E-state index in [1.165, 1.54) is 6.42 Å². The fraction of sp³-hybridized carbons (Fsp3) is 1.00. The molecule has 0 saturated heterocycles. The standard InChI is InChI=1S/C16H33F.C14H29F.2C12H25F.C11H23F.C9H17F.C7H13F.C6H11F/c1-10(2)14(11(3)4)16(9,17)15(12(5)6)13(7)8;1-8-12(5,9-2)14(7,15)13(6,10-3)11-4;1-8(2)11(9(3)4)12(7,13)10(5)6;1-6-10(7-2)12(5,13)11(8-3)9-4;1-7-10(5,8-2)11(6,12)9(3)4;1-8(2)4-6-9(3,10)7-5-8;1-7(8)5-3-2-4-6-7;1-6(7)4-2-3-5-6/h10-15H,1-9H3;8-11H2,1-7H3;8-11H,1-7H3;10-11H,6-9H2,1-5H3;9H,7-8H2,1-6H3;4-7H2,1-3H3;2-6H2,1H3;2-5H2,1H3/t;;12-;;11-;;;/m..0.0.../s1. The van der Waals surface area contributed by atoms with E-state index in [2.05, 4.69) is 180 Å². The molecule has 0 aromatic heterocycles. The highest BCUT2D eigenvalue weighted by molar-refractivity contribution is 5.03. The first-order chi connectivity index (χ1) is 42.7. The smallest absolute Gasteiger partial charge is 0.118 e. The minimum absolute atomic E-state index is 0.0994. The first-order valence-electron chi connectivity index (χ1n) is 40.2. The van der Waals surface area contributed by atoms with Crippen LogP contribution in [-0.2, 0) is 0 Å². The van der Waals surface area contributed by atoms with E-state index in [-0.39, 0.29) is 57.7 Å². The third-order valence-electron chi connectivity index (χ3n) is 26.4. The summed E-state index contributed by atoms with van der Waals surface area (Å²) in [5.74, 6) is 3.50. The quantitative estimate of drug-likeness (QED) is 0.0757. The van der Waals surface area contributed by atoms with Gasteiger partial charge < -0.3 is 0 Å². The van der Waals surface area contributed by atoms with Crippen molar-refractivity contribution in [2.75, 3.05) is 0 Å². The van der Waals surface area contributed by atoms with E-state index in [0.29, 0.717) is 40.9 Å². The summed E-state index contributed by atoms with van der Waals surface area (Å²) >= 11 is 0. The predicted molar refractivity (Wildman–Crippen MR) is 413 cm³/mol. The Kier molecular flexibility index (Phi) is 48.7. The van der Waals surface area contributed by atoms with Crippen molar-refractivity contribution in [2.45, 2.75) is 463 Å². The summed E-state index contributed by atoms with van der Waals surface area (Å²) in [6, 6.07) is 0. The lowest BCUT2D eigenvalue weighted by molar-refractivity contribution is -0.0946. The van der Waals surface area contributed by atoms with Gasteiger partial charge >= 0.3 is 0 Å². The maximum Gasteiger partial charge on any atom is 0.118 e. The van der Waals surface area contributed by atoms with Crippen LogP contribution in [0.3, 0.4) is 0 Å². The third-order valence-corrected chi connectivity index (χ3v) is 26.4. The van der Waals surface area contributed by atoms with Crippen molar-refractivity contribution in [1.29, 1.82) is 0 Å². The molecule has 2 atom stereocenters. The van der Waals surface area contributed by atoms with Crippen molar-refractivity contribution in [1.82, 2.24) is 0 Å². The average Bonchev–Trinajstić information content (AvgIpc) is 0.981. The van der Waals surface area contributed by atoms with Crippen LogP contribution >= 0.6 is 0 Å². The van der Waals surface area contributed by atoms with E-state index in [0.717, 1.165) is 141 Å². The van der Waals surface area contributed by atoms with Crippen molar-refractivity contribution in [3.05, 3.63) is 0 Å². The van der Waals surface area contributed by atoms with Gasteiger partial charge in [0.25, 0.3) is 0 Å². The fourth-order valence-corrected chi connectivity index (χ4v) is 17.4. The van der Waals surface area contributed by atoms with Crippen molar-refractivity contribution < 1.29 is 35.1 Å². The molecule has 0 spiro atoms. The second-order valence-electron chi connectivity index (χ2n) is 36.9. The summed E-state index contributed by atoms with van der Waals surface area (Å²) in [6.45, 7) is 79.2. The molecule has 0 N–H and O–H groups in total. The van der Waals surface area contributed by atoms with Gasteiger partial charge in [-0.15, -0.1) is 0 Å². The van der Waals surface area contributed by atoms with E-state index in [4.69, 9.17) is 0 Å². The summed E-state index contributed by atoms with van der Waals surface area (Å²) in [6.07, 6.45) is 21.6. The van der Waals surface area contributed by atoms with Crippen LogP contribution in [0.4, 0.5) is 35.1 Å². The summed E-state index contributed by atoms with van der Waals surface area (Å²) in [4.78, 5) is 0. The first kappa shape index (κ1) is 103. The Balaban J connectivity index is -0.000000328. The maximum atomic E-state index is 15.4. The Morgan fingerprint density at radius 3 is 0.653 bits per heavy atom. The van der Waals surface area contributed by atoms with Crippen LogP contribution < -0.4 is 0 Å². The lowest BCUT2D eigenvalue weighted by atomic mass is 9.57. The Morgan fingerprint density at radius 1 is 0.284 bits per heavy atom. The molecule has 0 bridgehead atoms. The van der Waals surface area contributed by atoms with Gasteiger partial charge in [-0.3, -0.25) is 0 Å². The van der Waals surface area contributed by atoms with Crippen LogP contribution in [0, 0.1) is 98.6 Å². The maximum absolute atomic E-state index is 15.4. The largest absolute Gasteiger partial charge is 0.244 e. The fourth-order valence-electron chi connectivity index (χ4n) is 17.4. The zero-order valence-corrected chi connectivity index (χ0v) is 71.8. The molecule has 0 radical (unpaired) electrons. The molecule has 0 aromatic carbocycles. The van der Waals surface area contributed by atoms with Crippen LogP contribution in [0.15, 0.2) is 0 Å². The van der Waals surface area contributed by atoms with Crippen LogP contribution in [0.5, 0.6) is 0 Å². The Hall–Kier alpha value is -0.560. The molecule has 0 amide bonds. The predicted octanol–water partition coefficient (Wildman–Crippen LogP) is 32.3. The van der Waals surface area contributed by atoms with E-state index in [1.807, 2.05) is 48.5 Å². The van der Waals surface area contributed by atoms with Gasteiger partial charge in [-0.1, -0.05) is 272 Å². The molecule has 0 unspecified atom stereocenters. The molecular formula is C87H176F8. The molecule has 3 aliphatic carbocycles. The van der Waals surface area contributed by atoms with E-state index < -0.39 is 45.4 Å². The molecule has 3 rings (SSSR count). The molecule has 0 nitrogen and oxygen atoms in total. The molecule has 0 aliphatic heterocycles. The molecule has 580 valence electrons. The Labute approximate surface area is 593 Å². The molecule has 0 aromatic rings. The van der Waals surface area contributed by atoms with Gasteiger partial charge in [0.05, 0.1) is 0 Å².